The van der Waals surface area contributed by atoms with E-state index in [0.717, 1.165) is 4.31 Å². The molecule has 0 aliphatic carbocycles. The molecule has 3 nitrogen and oxygen atoms in total. The SMILES string of the molecule is C#CC1CS(=O)(=O)N(C)C1C#C. The van der Waals surface area contributed by atoms with Crippen LogP contribution in [-0.2, 0) is 10.0 Å². The molecule has 0 spiro atoms. The second kappa shape index (κ2) is 2.82. The summed E-state index contributed by atoms with van der Waals surface area (Å²) in [5, 5.41) is 0. The van der Waals surface area contributed by atoms with E-state index in [4.69, 9.17) is 12.8 Å². The molecule has 1 fully saturated rings. The molecule has 4 heteroatoms. The number of rotatable bonds is 0. The summed E-state index contributed by atoms with van der Waals surface area (Å²) in [5.74, 6) is 4.36. The Labute approximate surface area is 72.8 Å². The first-order valence-electron chi connectivity index (χ1n) is 3.41. The topological polar surface area (TPSA) is 37.4 Å². The maximum Gasteiger partial charge on any atom is 0.216 e. The Morgan fingerprint density at radius 2 is 2.00 bits per heavy atom. The molecule has 2 atom stereocenters. The van der Waals surface area contributed by atoms with Crippen molar-refractivity contribution in [1.82, 2.24) is 4.31 Å². The zero-order chi connectivity index (χ0) is 9.35. The zero-order valence-electron chi connectivity index (χ0n) is 6.69. The van der Waals surface area contributed by atoms with Gasteiger partial charge in [-0.05, 0) is 0 Å². The summed E-state index contributed by atoms with van der Waals surface area (Å²) >= 11 is 0. The van der Waals surface area contributed by atoms with Gasteiger partial charge in [0.1, 0.15) is 0 Å². The average molecular weight is 183 g/mol. The Balaban J connectivity index is 3.07. The van der Waals surface area contributed by atoms with Crippen LogP contribution in [0.2, 0.25) is 0 Å². The number of nitrogens with zero attached hydrogens (tertiary/aromatic N) is 1. The van der Waals surface area contributed by atoms with Crippen molar-refractivity contribution in [3.8, 4) is 24.7 Å². The minimum atomic E-state index is -3.20. The van der Waals surface area contributed by atoms with Gasteiger partial charge < -0.3 is 0 Å². The van der Waals surface area contributed by atoms with E-state index in [9.17, 15) is 8.42 Å². The predicted molar refractivity (Wildman–Crippen MR) is 46.5 cm³/mol. The van der Waals surface area contributed by atoms with Crippen LogP contribution in [-0.4, -0.2) is 31.6 Å². The molecule has 2 unspecified atom stereocenters. The lowest BCUT2D eigenvalue weighted by Gasteiger charge is -2.13. The van der Waals surface area contributed by atoms with Crippen molar-refractivity contribution in [3.05, 3.63) is 0 Å². The van der Waals surface area contributed by atoms with E-state index in [1.807, 2.05) is 0 Å². The Morgan fingerprint density at radius 1 is 1.42 bits per heavy atom. The van der Waals surface area contributed by atoms with Crippen LogP contribution in [0.15, 0.2) is 0 Å². The van der Waals surface area contributed by atoms with Gasteiger partial charge in [-0.3, -0.25) is 0 Å². The lowest BCUT2D eigenvalue weighted by molar-refractivity contribution is 0.433. The molecule has 1 aliphatic heterocycles. The molecule has 1 heterocycles. The van der Waals surface area contributed by atoms with E-state index >= 15 is 0 Å². The lowest BCUT2D eigenvalue weighted by Crippen LogP contribution is -2.29. The van der Waals surface area contributed by atoms with Gasteiger partial charge in [-0.25, -0.2) is 8.42 Å². The van der Waals surface area contributed by atoms with Crippen molar-refractivity contribution < 1.29 is 8.42 Å². The van der Waals surface area contributed by atoms with Crippen molar-refractivity contribution in [1.29, 1.82) is 0 Å². The fraction of sp³-hybridized carbons (Fsp3) is 0.500. The number of sulfonamides is 1. The van der Waals surface area contributed by atoms with Crippen molar-refractivity contribution in [3.63, 3.8) is 0 Å². The first-order valence-corrected chi connectivity index (χ1v) is 5.02. The van der Waals surface area contributed by atoms with Crippen molar-refractivity contribution in [2.75, 3.05) is 12.8 Å². The van der Waals surface area contributed by atoms with Crippen molar-refractivity contribution >= 4 is 10.0 Å². The fourth-order valence-electron chi connectivity index (χ4n) is 1.22. The third-order valence-electron chi connectivity index (χ3n) is 1.99. The molecular formula is C8H9NO2S. The first kappa shape index (κ1) is 9.12. The summed E-state index contributed by atoms with van der Waals surface area (Å²) in [4.78, 5) is 0. The van der Waals surface area contributed by atoms with E-state index in [1.54, 1.807) is 0 Å². The summed E-state index contributed by atoms with van der Waals surface area (Å²) in [6.07, 6.45) is 10.3. The molecule has 0 bridgehead atoms. The zero-order valence-corrected chi connectivity index (χ0v) is 7.50. The number of hydrogen-bond donors (Lipinski definition) is 0. The van der Waals surface area contributed by atoms with Crippen LogP contribution in [0.1, 0.15) is 0 Å². The van der Waals surface area contributed by atoms with Crippen LogP contribution in [0.25, 0.3) is 0 Å². The minimum absolute atomic E-state index is 0.0329. The van der Waals surface area contributed by atoms with Gasteiger partial charge in [0.2, 0.25) is 10.0 Å². The summed E-state index contributed by atoms with van der Waals surface area (Å²) in [5.41, 5.74) is 0. The van der Waals surface area contributed by atoms with Crippen LogP contribution >= 0.6 is 0 Å². The lowest BCUT2D eigenvalue weighted by atomic mass is 10.0. The Kier molecular flexibility index (Phi) is 2.14. The number of hydrogen-bond acceptors (Lipinski definition) is 2. The monoisotopic (exact) mass is 183 g/mol. The van der Waals surface area contributed by atoms with Crippen molar-refractivity contribution in [2.45, 2.75) is 6.04 Å². The van der Waals surface area contributed by atoms with Crippen LogP contribution in [0.3, 0.4) is 0 Å². The molecule has 0 saturated carbocycles. The maximum atomic E-state index is 11.2. The standard InChI is InChI=1S/C8H9NO2S/c1-4-7-6-12(10,11)9(3)8(7)5-2/h1-2,7-8H,6H2,3H3. The molecule has 0 aromatic carbocycles. The maximum absolute atomic E-state index is 11.2. The Bertz CT molecular complexity index is 357. The molecule has 0 aromatic heterocycles. The summed E-state index contributed by atoms with van der Waals surface area (Å²) in [7, 11) is -1.74. The first-order chi connectivity index (χ1) is 5.53. The highest BCUT2D eigenvalue weighted by Crippen LogP contribution is 2.23. The highest BCUT2D eigenvalue weighted by Gasteiger charge is 2.40. The van der Waals surface area contributed by atoms with Gasteiger partial charge in [0.25, 0.3) is 0 Å². The summed E-state index contributed by atoms with van der Waals surface area (Å²) in [6, 6.07) is -0.472. The predicted octanol–water partition coefficient (Wildman–Crippen LogP) is -0.487. The van der Waals surface area contributed by atoms with Crippen LogP contribution in [0.4, 0.5) is 0 Å². The van der Waals surface area contributed by atoms with Gasteiger partial charge in [0, 0.05) is 7.05 Å². The molecule has 1 aliphatic rings. The quantitative estimate of drug-likeness (QED) is 0.475. The van der Waals surface area contributed by atoms with Gasteiger partial charge >= 0.3 is 0 Å². The Morgan fingerprint density at radius 3 is 2.33 bits per heavy atom. The van der Waals surface area contributed by atoms with Gasteiger partial charge in [0.05, 0.1) is 17.7 Å². The molecule has 1 rings (SSSR count). The van der Waals surface area contributed by atoms with Gasteiger partial charge in [-0.15, -0.1) is 12.8 Å². The van der Waals surface area contributed by atoms with Crippen LogP contribution in [0.5, 0.6) is 0 Å². The average Bonchev–Trinajstić information content (AvgIpc) is 2.24. The Hall–Kier alpha value is -0.970. The fourth-order valence-corrected chi connectivity index (χ4v) is 2.74. The third-order valence-corrected chi connectivity index (χ3v) is 3.87. The van der Waals surface area contributed by atoms with E-state index in [2.05, 4.69) is 11.8 Å². The minimum Gasteiger partial charge on any atom is -0.212 e. The smallest absolute Gasteiger partial charge is 0.212 e. The third kappa shape index (κ3) is 1.20. The van der Waals surface area contributed by atoms with E-state index in [0.29, 0.717) is 0 Å². The van der Waals surface area contributed by atoms with Gasteiger partial charge in [-0.1, -0.05) is 11.8 Å². The van der Waals surface area contributed by atoms with Gasteiger partial charge in [0.15, 0.2) is 0 Å². The second-order valence-corrected chi connectivity index (χ2v) is 4.75. The van der Waals surface area contributed by atoms with E-state index in [1.165, 1.54) is 7.05 Å². The van der Waals surface area contributed by atoms with E-state index < -0.39 is 16.1 Å². The summed E-state index contributed by atoms with van der Waals surface area (Å²) < 4.78 is 23.6. The number of terminal acetylenes is 2. The molecular weight excluding hydrogens is 174 g/mol. The molecule has 0 radical (unpaired) electrons. The molecule has 0 N–H and O–H groups in total. The highest BCUT2D eigenvalue weighted by molar-refractivity contribution is 7.89. The van der Waals surface area contributed by atoms with Crippen LogP contribution < -0.4 is 0 Å². The van der Waals surface area contributed by atoms with E-state index in [-0.39, 0.29) is 11.7 Å². The largest absolute Gasteiger partial charge is 0.216 e. The second-order valence-electron chi connectivity index (χ2n) is 2.68. The van der Waals surface area contributed by atoms with Gasteiger partial charge in [-0.2, -0.15) is 4.31 Å². The highest BCUT2D eigenvalue weighted by atomic mass is 32.2. The molecule has 1 saturated heterocycles. The molecule has 12 heavy (non-hydrogen) atoms. The molecule has 64 valence electrons. The van der Waals surface area contributed by atoms with Crippen molar-refractivity contribution in [2.24, 2.45) is 5.92 Å². The summed E-state index contributed by atoms with van der Waals surface area (Å²) in [6.45, 7) is 0. The normalized spacial score (nSPS) is 33.9. The molecule has 0 aromatic rings. The molecule has 0 amide bonds. The van der Waals surface area contributed by atoms with Crippen LogP contribution in [0, 0.1) is 30.6 Å².